The average molecular weight is 291 g/mol. The van der Waals surface area contributed by atoms with Crippen molar-refractivity contribution in [1.82, 2.24) is 5.32 Å². The zero-order chi connectivity index (χ0) is 14.7. The van der Waals surface area contributed by atoms with Crippen molar-refractivity contribution in [2.45, 2.75) is 20.3 Å². The number of ether oxygens (including phenoxy) is 1. The summed E-state index contributed by atoms with van der Waals surface area (Å²) in [6.45, 7) is 3.91. The van der Waals surface area contributed by atoms with Gasteiger partial charge in [-0.2, -0.15) is 0 Å². The summed E-state index contributed by atoms with van der Waals surface area (Å²) in [4.78, 5) is 24.4. The van der Waals surface area contributed by atoms with Crippen molar-refractivity contribution < 1.29 is 14.3 Å². The first-order valence-corrected chi connectivity index (χ1v) is 7.33. The highest BCUT2D eigenvalue weighted by molar-refractivity contribution is 8.04. The van der Waals surface area contributed by atoms with Gasteiger partial charge in [0.15, 0.2) is 0 Å². The molecule has 106 valence electrons. The number of rotatable bonds is 3. The fourth-order valence-corrected chi connectivity index (χ4v) is 3.20. The third kappa shape index (κ3) is 3.22. The van der Waals surface area contributed by atoms with Crippen LogP contribution in [-0.4, -0.2) is 24.7 Å². The summed E-state index contributed by atoms with van der Waals surface area (Å²) >= 11 is 1.42. The van der Waals surface area contributed by atoms with Crippen LogP contribution in [0.25, 0.3) is 0 Å². The molecule has 0 fully saturated rings. The fraction of sp³-hybridized carbons (Fsp3) is 0.333. The molecule has 0 aliphatic carbocycles. The lowest BCUT2D eigenvalue weighted by Crippen LogP contribution is -2.24. The van der Waals surface area contributed by atoms with E-state index in [1.807, 2.05) is 32.0 Å². The molecular formula is C15H17NO3S. The number of allylic oxidation sites excluding steroid dienone is 1. The summed E-state index contributed by atoms with van der Waals surface area (Å²) < 4.78 is 4.72. The molecule has 1 aliphatic rings. The molecule has 0 aromatic heterocycles. The van der Waals surface area contributed by atoms with Crippen LogP contribution in [0, 0.1) is 13.8 Å². The smallest absolute Gasteiger partial charge is 0.346 e. The first-order valence-electron chi connectivity index (χ1n) is 6.35. The van der Waals surface area contributed by atoms with E-state index in [2.05, 4.69) is 5.32 Å². The molecule has 0 saturated carbocycles. The Bertz CT molecular complexity index is 573. The Morgan fingerprint density at radius 1 is 1.20 bits per heavy atom. The molecule has 1 heterocycles. The largest absolute Gasteiger partial charge is 0.465 e. The van der Waals surface area contributed by atoms with Crippen molar-refractivity contribution >= 4 is 23.6 Å². The Labute approximate surface area is 122 Å². The van der Waals surface area contributed by atoms with Gasteiger partial charge in [-0.15, -0.1) is 11.8 Å². The van der Waals surface area contributed by atoms with Crippen LogP contribution < -0.4 is 5.32 Å². The van der Waals surface area contributed by atoms with Gasteiger partial charge in [0.2, 0.25) is 0 Å². The van der Waals surface area contributed by atoms with Crippen LogP contribution in [-0.2, 0) is 9.53 Å². The fourth-order valence-electron chi connectivity index (χ4n) is 2.16. The van der Waals surface area contributed by atoms with Gasteiger partial charge in [-0.05, 0) is 32.4 Å². The zero-order valence-corrected chi connectivity index (χ0v) is 12.6. The minimum Gasteiger partial charge on any atom is -0.465 e. The van der Waals surface area contributed by atoms with Gasteiger partial charge >= 0.3 is 5.97 Å². The minimum atomic E-state index is -0.386. The molecule has 0 bridgehead atoms. The van der Waals surface area contributed by atoms with Crippen molar-refractivity contribution in [2.75, 3.05) is 12.9 Å². The van der Waals surface area contributed by atoms with Crippen LogP contribution in [0.1, 0.15) is 27.9 Å². The van der Waals surface area contributed by atoms with Crippen molar-refractivity contribution in [3.63, 3.8) is 0 Å². The van der Waals surface area contributed by atoms with E-state index < -0.39 is 0 Å². The maximum absolute atomic E-state index is 12.3. The van der Waals surface area contributed by atoms with Crippen molar-refractivity contribution in [3.8, 4) is 0 Å². The van der Waals surface area contributed by atoms with E-state index in [-0.39, 0.29) is 11.9 Å². The van der Waals surface area contributed by atoms with Gasteiger partial charge in [0.1, 0.15) is 4.91 Å². The Morgan fingerprint density at radius 3 is 2.45 bits per heavy atom. The monoisotopic (exact) mass is 291 g/mol. The van der Waals surface area contributed by atoms with E-state index in [4.69, 9.17) is 4.74 Å². The predicted octanol–water partition coefficient (Wildman–Crippen LogP) is 2.55. The van der Waals surface area contributed by atoms with Gasteiger partial charge in [-0.3, -0.25) is 4.79 Å². The average Bonchev–Trinajstić information content (AvgIpc) is 2.84. The highest BCUT2D eigenvalue weighted by Crippen LogP contribution is 2.30. The lowest BCUT2D eigenvalue weighted by atomic mass is 10.1. The number of carbonyl (C=O) groups excluding carboxylic acids is 2. The number of methoxy groups -OCH3 is 1. The van der Waals surface area contributed by atoms with Gasteiger partial charge < -0.3 is 10.1 Å². The Kier molecular flexibility index (Phi) is 4.49. The summed E-state index contributed by atoms with van der Waals surface area (Å²) in [7, 11) is 1.34. The molecular weight excluding hydrogens is 274 g/mol. The van der Waals surface area contributed by atoms with E-state index in [1.54, 1.807) is 0 Å². The molecule has 0 spiro atoms. The third-order valence-electron chi connectivity index (χ3n) is 2.99. The standard InChI is InChI=1S/C15H17NO3S/c1-9-6-10(2)8-11(7-9)14(17)16-12-4-5-20-13(12)15(18)19-3/h6-8H,4-5H2,1-3H3,(H,16,17). The van der Waals surface area contributed by atoms with Crippen LogP contribution in [0.4, 0.5) is 0 Å². The second-order valence-corrected chi connectivity index (χ2v) is 5.83. The summed E-state index contributed by atoms with van der Waals surface area (Å²) in [5, 5.41) is 2.83. The van der Waals surface area contributed by atoms with Crippen LogP contribution in [0.15, 0.2) is 28.8 Å². The molecule has 20 heavy (non-hydrogen) atoms. The lowest BCUT2D eigenvalue weighted by Gasteiger charge is -2.09. The number of amides is 1. The molecule has 5 heteroatoms. The Morgan fingerprint density at radius 2 is 1.85 bits per heavy atom. The highest BCUT2D eigenvalue weighted by atomic mass is 32.2. The first kappa shape index (κ1) is 14.7. The number of hydrogen-bond donors (Lipinski definition) is 1. The lowest BCUT2D eigenvalue weighted by molar-refractivity contribution is -0.135. The molecule has 1 aromatic carbocycles. The number of esters is 1. The molecule has 0 atom stereocenters. The Hall–Kier alpha value is -1.75. The first-order chi connectivity index (χ1) is 9.51. The van der Waals surface area contributed by atoms with Crippen molar-refractivity contribution in [3.05, 3.63) is 45.5 Å². The molecule has 1 aliphatic heterocycles. The minimum absolute atomic E-state index is 0.185. The van der Waals surface area contributed by atoms with Crippen molar-refractivity contribution in [1.29, 1.82) is 0 Å². The molecule has 4 nitrogen and oxygen atoms in total. The summed E-state index contributed by atoms with van der Waals surface area (Å²) in [6.07, 6.45) is 0.672. The van der Waals surface area contributed by atoms with Crippen LogP contribution in [0.5, 0.6) is 0 Å². The summed E-state index contributed by atoms with van der Waals surface area (Å²) in [5.41, 5.74) is 3.35. The highest BCUT2D eigenvalue weighted by Gasteiger charge is 2.24. The van der Waals surface area contributed by atoms with Gasteiger partial charge in [0.05, 0.1) is 7.11 Å². The maximum Gasteiger partial charge on any atom is 0.346 e. The number of carbonyl (C=O) groups is 2. The van der Waals surface area contributed by atoms with Crippen molar-refractivity contribution in [2.24, 2.45) is 0 Å². The van der Waals surface area contributed by atoms with E-state index in [9.17, 15) is 9.59 Å². The van der Waals surface area contributed by atoms with Gasteiger partial charge in [-0.25, -0.2) is 4.79 Å². The quantitative estimate of drug-likeness (QED) is 0.870. The zero-order valence-electron chi connectivity index (χ0n) is 11.8. The summed E-state index contributed by atoms with van der Waals surface area (Å²) in [5.74, 6) is 0.214. The molecule has 1 N–H and O–H groups in total. The molecule has 0 unspecified atom stereocenters. The number of hydrogen-bond acceptors (Lipinski definition) is 4. The second kappa shape index (κ2) is 6.13. The number of benzene rings is 1. The van der Waals surface area contributed by atoms with Crippen LogP contribution in [0.2, 0.25) is 0 Å². The maximum atomic E-state index is 12.3. The second-order valence-electron chi connectivity index (χ2n) is 4.73. The van der Waals surface area contributed by atoms with Gasteiger partial charge in [0.25, 0.3) is 5.91 Å². The van der Waals surface area contributed by atoms with Crippen LogP contribution in [0.3, 0.4) is 0 Å². The van der Waals surface area contributed by atoms with E-state index in [0.717, 1.165) is 16.9 Å². The van der Waals surface area contributed by atoms with Gasteiger partial charge in [-0.1, -0.05) is 17.2 Å². The third-order valence-corrected chi connectivity index (χ3v) is 4.10. The number of thioether (sulfide) groups is 1. The SMILES string of the molecule is COC(=O)C1=C(NC(=O)c2cc(C)cc(C)c2)CCS1. The topological polar surface area (TPSA) is 55.4 Å². The molecule has 0 radical (unpaired) electrons. The van der Waals surface area contributed by atoms with E-state index in [0.29, 0.717) is 22.6 Å². The normalized spacial score (nSPS) is 14.3. The predicted molar refractivity (Wildman–Crippen MR) is 79.5 cm³/mol. The summed E-state index contributed by atoms with van der Waals surface area (Å²) in [6, 6.07) is 5.69. The van der Waals surface area contributed by atoms with Gasteiger partial charge in [0, 0.05) is 17.0 Å². The Balaban J connectivity index is 2.21. The molecule has 2 rings (SSSR count). The molecule has 1 amide bonds. The molecule has 0 saturated heterocycles. The van der Waals surface area contributed by atoms with E-state index in [1.165, 1.54) is 18.9 Å². The van der Waals surface area contributed by atoms with E-state index >= 15 is 0 Å². The number of nitrogens with one attached hydrogen (secondary N) is 1. The molecule has 1 aromatic rings. The number of aryl methyl sites for hydroxylation is 2. The van der Waals surface area contributed by atoms with Crippen LogP contribution >= 0.6 is 11.8 Å².